The number of hydrogen-bond donors (Lipinski definition) is 6. The van der Waals surface area contributed by atoms with Crippen molar-refractivity contribution < 1.29 is 45.0 Å². The second-order valence-electron chi connectivity index (χ2n) is 10.8. The minimum atomic E-state index is -1.49. The second-order valence-corrected chi connectivity index (χ2v) is 10.8. The standard InChI is InChI=1S/C28H52O9/c1-3-4-5-6-7-10-13-16-21(30)24(28(35)36)22(31)18-20(29)15-12-9-8-11-14-17-23-26(33)27(34)25(32)19(2)37-23/h19-21,23-27,29-30,32-34H,3-18H2,1-2H3,(H,35,36)/t19-,20?,21?,23?,24?,25-,26-,27+/m0/s1. The van der Waals surface area contributed by atoms with E-state index >= 15 is 0 Å². The predicted molar refractivity (Wildman–Crippen MR) is 140 cm³/mol. The third kappa shape index (κ3) is 13.0. The van der Waals surface area contributed by atoms with Gasteiger partial charge >= 0.3 is 5.97 Å². The van der Waals surface area contributed by atoms with E-state index in [1.54, 1.807) is 6.92 Å². The lowest BCUT2D eigenvalue weighted by molar-refractivity contribution is -0.218. The fraction of sp³-hybridized carbons (Fsp3) is 0.929. The van der Waals surface area contributed by atoms with Gasteiger partial charge in [-0.3, -0.25) is 9.59 Å². The average Bonchev–Trinajstić information content (AvgIpc) is 2.84. The minimum Gasteiger partial charge on any atom is -0.481 e. The topological polar surface area (TPSA) is 165 Å². The smallest absolute Gasteiger partial charge is 0.316 e. The van der Waals surface area contributed by atoms with E-state index in [1.807, 2.05) is 0 Å². The first kappa shape index (κ1) is 33.9. The van der Waals surface area contributed by atoms with Crippen molar-refractivity contribution in [2.24, 2.45) is 5.92 Å². The van der Waals surface area contributed by atoms with Crippen molar-refractivity contribution in [1.82, 2.24) is 0 Å². The van der Waals surface area contributed by atoms with Crippen LogP contribution in [0.3, 0.4) is 0 Å². The monoisotopic (exact) mass is 532 g/mol. The number of carboxylic acid groups (broad SMARTS) is 1. The molecule has 0 radical (unpaired) electrons. The number of ether oxygens (including phenoxy) is 1. The number of Topliss-reactive ketones (excluding diaryl/α,β-unsaturated/α-hetero) is 1. The van der Waals surface area contributed by atoms with Gasteiger partial charge in [-0.2, -0.15) is 0 Å². The number of ketones is 1. The van der Waals surface area contributed by atoms with Gasteiger partial charge in [0.25, 0.3) is 0 Å². The highest BCUT2D eigenvalue weighted by molar-refractivity contribution is 5.99. The van der Waals surface area contributed by atoms with Crippen molar-refractivity contribution in [2.75, 3.05) is 0 Å². The Morgan fingerprint density at radius 3 is 1.89 bits per heavy atom. The summed E-state index contributed by atoms with van der Waals surface area (Å²) in [6, 6.07) is 0. The van der Waals surface area contributed by atoms with Gasteiger partial charge in [-0.05, 0) is 26.2 Å². The van der Waals surface area contributed by atoms with Crippen LogP contribution in [-0.2, 0) is 14.3 Å². The fourth-order valence-corrected chi connectivity index (χ4v) is 5.09. The van der Waals surface area contributed by atoms with Gasteiger partial charge in [-0.25, -0.2) is 0 Å². The van der Waals surface area contributed by atoms with Crippen molar-refractivity contribution in [2.45, 2.75) is 159 Å². The molecule has 1 rings (SSSR count). The summed E-state index contributed by atoms with van der Waals surface area (Å²) in [5, 5.41) is 59.7. The zero-order valence-electron chi connectivity index (χ0n) is 22.8. The van der Waals surface area contributed by atoms with Gasteiger partial charge in [-0.15, -0.1) is 0 Å². The molecule has 0 bridgehead atoms. The summed E-state index contributed by atoms with van der Waals surface area (Å²) in [6.45, 7) is 3.82. The van der Waals surface area contributed by atoms with Crippen molar-refractivity contribution in [1.29, 1.82) is 0 Å². The van der Waals surface area contributed by atoms with E-state index in [4.69, 9.17) is 4.74 Å². The summed E-state index contributed by atoms with van der Waals surface area (Å²) < 4.78 is 5.59. The van der Waals surface area contributed by atoms with E-state index in [0.29, 0.717) is 25.7 Å². The van der Waals surface area contributed by atoms with Crippen molar-refractivity contribution in [3.63, 3.8) is 0 Å². The third-order valence-electron chi connectivity index (χ3n) is 7.52. The number of carbonyl (C=O) groups is 2. The van der Waals surface area contributed by atoms with Crippen molar-refractivity contribution >= 4 is 11.8 Å². The van der Waals surface area contributed by atoms with E-state index < -0.39 is 60.4 Å². The number of aliphatic carboxylic acids is 1. The lowest BCUT2D eigenvalue weighted by Gasteiger charge is -2.39. The zero-order valence-corrected chi connectivity index (χ0v) is 22.8. The number of rotatable bonds is 21. The van der Waals surface area contributed by atoms with Crippen LogP contribution >= 0.6 is 0 Å². The molecule has 1 fully saturated rings. The number of aliphatic hydroxyl groups excluding tert-OH is 5. The molecular formula is C28H52O9. The first-order chi connectivity index (χ1) is 17.6. The predicted octanol–water partition coefficient (Wildman–Crippen LogP) is 3.11. The largest absolute Gasteiger partial charge is 0.481 e. The normalized spacial score (nSPS) is 26.5. The molecule has 4 unspecified atom stereocenters. The van der Waals surface area contributed by atoms with Crippen LogP contribution in [0.4, 0.5) is 0 Å². The summed E-state index contributed by atoms with van der Waals surface area (Å²) in [4.78, 5) is 24.1. The van der Waals surface area contributed by atoms with E-state index in [-0.39, 0.29) is 12.8 Å². The molecule has 9 heteroatoms. The molecule has 0 aliphatic carbocycles. The van der Waals surface area contributed by atoms with Crippen LogP contribution in [0.2, 0.25) is 0 Å². The molecule has 1 heterocycles. The van der Waals surface area contributed by atoms with Gasteiger partial charge in [0.15, 0.2) is 5.78 Å². The Bertz CT molecular complexity index is 629. The molecule has 0 amide bonds. The first-order valence-electron chi connectivity index (χ1n) is 14.4. The quantitative estimate of drug-likeness (QED) is 0.0962. The van der Waals surface area contributed by atoms with Crippen LogP contribution in [0, 0.1) is 5.92 Å². The Morgan fingerprint density at radius 2 is 1.30 bits per heavy atom. The van der Waals surface area contributed by atoms with Crippen molar-refractivity contribution in [3.05, 3.63) is 0 Å². The van der Waals surface area contributed by atoms with Gasteiger partial charge < -0.3 is 35.4 Å². The molecule has 1 aliphatic rings. The first-order valence-corrected chi connectivity index (χ1v) is 14.4. The Hall–Kier alpha value is -1.10. The maximum absolute atomic E-state index is 12.5. The summed E-state index contributed by atoms with van der Waals surface area (Å²) in [5.41, 5.74) is 0. The highest BCUT2D eigenvalue weighted by atomic mass is 16.5. The lowest BCUT2D eigenvalue weighted by Crippen LogP contribution is -2.56. The molecular weight excluding hydrogens is 480 g/mol. The second kappa shape index (κ2) is 19.0. The molecule has 0 spiro atoms. The van der Waals surface area contributed by atoms with Crippen molar-refractivity contribution in [3.8, 4) is 0 Å². The average molecular weight is 533 g/mol. The number of carboxylic acids is 1. The van der Waals surface area contributed by atoms with Gasteiger partial charge in [0.2, 0.25) is 0 Å². The fourth-order valence-electron chi connectivity index (χ4n) is 5.09. The number of carbonyl (C=O) groups excluding carboxylic acids is 1. The zero-order chi connectivity index (χ0) is 27.8. The molecule has 8 atom stereocenters. The van der Waals surface area contributed by atoms with Gasteiger partial charge in [0.05, 0.1) is 24.4 Å². The van der Waals surface area contributed by atoms with Crippen LogP contribution in [0.1, 0.15) is 117 Å². The maximum atomic E-state index is 12.5. The summed E-state index contributed by atoms with van der Waals surface area (Å²) in [7, 11) is 0. The lowest BCUT2D eigenvalue weighted by atomic mass is 9.89. The molecule has 0 saturated carbocycles. The summed E-state index contributed by atoms with van der Waals surface area (Å²) >= 11 is 0. The van der Waals surface area contributed by atoms with Crippen LogP contribution in [-0.4, -0.2) is 85.1 Å². The molecule has 1 saturated heterocycles. The molecule has 1 aliphatic heterocycles. The maximum Gasteiger partial charge on any atom is 0.316 e. The third-order valence-corrected chi connectivity index (χ3v) is 7.52. The molecule has 0 aromatic rings. The molecule has 0 aromatic carbocycles. The van der Waals surface area contributed by atoms with E-state index in [2.05, 4.69) is 6.92 Å². The molecule has 37 heavy (non-hydrogen) atoms. The molecule has 0 aromatic heterocycles. The van der Waals surface area contributed by atoms with Crippen LogP contribution in [0.25, 0.3) is 0 Å². The summed E-state index contributed by atoms with van der Waals surface area (Å²) in [6.07, 6.45) is 5.75. The highest BCUT2D eigenvalue weighted by Gasteiger charge is 2.41. The number of unbranched alkanes of at least 4 members (excludes halogenated alkanes) is 10. The van der Waals surface area contributed by atoms with Gasteiger partial charge in [0, 0.05) is 6.42 Å². The Morgan fingerprint density at radius 1 is 0.757 bits per heavy atom. The Balaban J connectivity index is 2.21. The highest BCUT2D eigenvalue weighted by Crippen LogP contribution is 2.25. The SMILES string of the molecule is CCCCCCCCCC(O)C(C(=O)O)C(=O)CC(O)CCCCCCCC1O[C@@H](C)[C@H](O)[C@@H](O)[C@H]1O. The van der Waals surface area contributed by atoms with Crippen LogP contribution in [0.5, 0.6) is 0 Å². The van der Waals surface area contributed by atoms with Gasteiger partial charge in [0.1, 0.15) is 24.2 Å². The minimum absolute atomic E-state index is 0.270. The number of aliphatic hydroxyl groups is 5. The van der Waals surface area contributed by atoms with Crippen LogP contribution in [0.15, 0.2) is 0 Å². The Labute approximate surface area is 222 Å². The molecule has 9 nitrogen and oxygen atoms in total. The van der Waals surface area contributed by atoms with E-state index in [9.17, 15) is 40.2 Å². The van der Waals surface area contributed by atoms with Crippen LogP contribution < -0.4 is 0 Å². The van der Waals surface area contributed by atoms with E-state index in [1.165, 1.54) is 19.3 Å². The Kier molecular flexibility index (Phi) is 17.5. The van der Waals surface area contributed by atoms with Gasteiger partial charge in [-0.1, -0.05) is 84.0 Å². The number of hydrogen-bond acceptors (Lipinski definition) is 8. The van der Waals surface area contributed by atoms with E-state index in [0.717, 1.165) is 44.9 Å². The molecule has 218 valence electrons. The summed E-state index contributed by atoms with van der Waals surface area (Å²) in [5.74, 6) is -3.45. The molecule has 6 N–H and O–H groups in total.